The van der Waals surface area contributed by atoms with Gasteiger partial charge in [0.15, 0.2) is 5.82 Å². The smallest absolute Gasteiger partial charge is 0.231 e. The van der Waals surface area contributed by atoms with E-state index in [0.29, 0.717) is 28.2 Å². The molecule has 6 heteroatoms. The zero-order valence-electron chi connectivity index (χ0n) is 10.9. The van der Waals surface area contributed by atoms with Crippen LogP contribution in [0, 0.1) is 0 Å². The quantitative estimate of drug-likeness (QED) is 0.943. The summed E-state index contributed by atoms with van der Waals surface area (Å²) in [5.41, 5.74) is 1.02. The second-order valence-corrected chi connectivity index (χ2v) is 5.83. The number of hydrogen-bond acceptors (Lipinski definition) is 4. The van der Waals surface area contributed by atoms with Crippen molar-refractivity contribution in [2.75, 3.05) is 13.1 Å². The third-order valence-corrected chi connectivity index (χ3v) is 4.22. The third kappa shape index (κ3) is 3.14. The zero-order chi connectivity index (χ0) is 13.9. The Hall–Kier alpha value is -1.10. The molecule has 0 aliphatic carbocycles. The van der Waals surface area contributed by atoms with Gasteiger partial charge in [0.2, 0.25) is 5.89 Å². The average molecular weight is 312 g/mol. The van der Waals surface area contributed by atoms with E-state index in [-0.39, 0.29) is 0 Å². The SMILES string of the molecule is Clc1ccc(Cc2noc([C@@H]3CCCNC3)n2)cc1Cl. The van der Waals surface area contributed by atoms with Crippen LogP contribution in [0.1, 0.15) is 36.0 Å². The fourth-order valence-electron chi connectivity index (χ4n) is 2.40. The van der Waals surface area contributed by atoms with Gasteiger partial charge in [0.25, 0.3) is 0 Å². The number of benzene rings is 1. The number of halogens is 2. The largest absolute Gasteiger partial charge is 0.339 e. The molecule has 0 unspecified atom stereocenters. The van der Waals surface area contributed by atoms with Gasteiger partial charge < -0.3 is 9.84 Å². The van der Waals surface area contributed by atoms with Crippen molar-refractivity contribution in [1.29, 1.82) is 0 Å². The second-order valence-electron chi connectivity index (χ2n) is 5.02. The summed E-state index contributed by atoms with van der Waals surface area (Å²) < 4.78 is 5.37. The van der Waals surface area contributed by atoms with Gasteiger partial charge in [0, 0.05) is 13.0 Å². The van der Waals surface area contributed by atoms with E-state index in [0.717, 1.165) is 37.4 Å². The molecule has 1 aromatic heterocycles. The highest BCUT2D eigenvalue weighted by Gasteiger charge is 2.21. The fourth-order valence-corrected chi connectivity index (χ4v) is 2.72. The summed E-state index contributed by atoms with van der Waals surface area (Å²) in [6, 6.07) is 5.54. The van der Waals surface area contributed by atoms with Crippen LogP contribution >= 0.6 is 23.2 Å². The van der Waals surface area contributed by atoms with Crippen LogP contribution in [0.15, 0.2) is 22.7 Å². The molecule has 106 valence electrons. The summed E-state index contributed by atoms with van der Waals surface area (Å²) >= 11 is 11.9. The van der Waals surface area contributed by atoms with Gasteiger partial charge in [-0.15, -0.1) is 0 Å². The van der Waals surface area contributed by atoms with E-state index in [9.17, 15) is 0 Å². The molecule has 0 saturated carbocycles. The highest BCUT2D eigenvalue weighted by Crippen LogP contribution is 2.25. The van der Waals surface area contributed by atoms with Crippen molar-refractivity contribution >= 4 is 23.2 Å². The highest BCUT2D eigenvalue weighted by molar-refractivity contribution is 6.42. The third-order valence-electron chi connectivity index (χ3n) is 3.48. The van der Waals surface area contributed by atoms with Crippen LogP contribution in [0.4, 0.5) is 0 Å². The molecular weight excluding hydrogens is 297 g/mol. The summed E-state index contributed by atoms with van der Waals surface area (Å²) in [5.74, 6) is 1.75. The van der Waals surface area contributed by atoms with Crippen molar-refractivity contribution in [3.63, 3.8) is 0 Å². The molecule has 2 aromatic rings. The zero-order valence-corrected chi connectivity index (χ0v) is 12.4. The fraction of sp³-hybridized carbons (Fsp3) is 0.429. The van der Waals surface area contributed by atoms with Crippen LogP contribution in [0.5, 0.6) is 0 Å². The lowest BCUT2D eigenvalue weighted by Crippen LogP contribution is -2.28. The molecule has 1 N–H and O–H groups in total. The second kappa shape index (κ2) is 6.12. The summed E-state index contributed by atoms with van der Waals surface area (Å²) in [4.78, 5) is 4.49. The lowest BCUT2D eigenvalue weighted by molar-refractivity contribution is 0.320. The molecule has 1 aliphatic heterocycles. The highest BCUT2D eigenvalue weighted by atomic mass is 35.5. The molecule has 0 spiro atoms. The lowest BCUT2D eigenvalue weighted by Gasteiger charge is -2.18. The average Bonchev–Trinajstić information content (AvgIpc) is 2.92. The number of piperidine rings is 1. The van der Waals surface area contributed by atoms with E-state index in [4.69, 9.17) is 27.7 Å². The summed E-state index contributed by atoms with van der Waals surface area (Å²) in [6.07, 6.45) is 2.84. The minimum Gasteiger partial charge on any atom is -0.339 e. The van der Waals surface area contributed by atoms with Crippen LogP contribution in [-0.4, -0.2) is 23.2 Å². The maximum atomic E-state index is 6.00. The van der Waals surface area contributed by atoms with Gasteiger partial charge in [0.1, 0.15) is 0 Å². The molecule has 0 amide bonds. The summed E-state index contributed by atoms with van der Waals surface area (Å²) in [5, 5.41) is 8.49. The van der Waals surface area contributed by atoms with Gasteiger partial charge in [-0.2, -0.15) is 4.98 Å². The number of rotatable bonds is 3. The van der Waals surface area contributed by atoms with Crippen LogP contribution in [0.25, 0.3) is 0 Å². The maximum Gasteiger partial charge on any atom is 0.231 e. The molecule has 0 bridgehead atoms. The molecule has 1 saturated heterocycles. The Balaban J connectivity index is 1.71. The molecule has 0 radical (unpaired) electrons. The Labute approximate surface area is 127 Å². The molecule has 1 fully saturated rings. The molecule has 1 atom stereocenters. The first-order valence-corrected chi connectivity index (χ1v) is 7.45. The number of aromatic nitrogens is 2. The number of hydrogen-bond donors (Lipinski definition) is 1. The first-order chi connectivity index (χ1) is 9.72. The molecule has 3 rings (SSSR count). The minimum atomic E-state index is 0.332. The summed E-state index contributed by atoms with van der Waals surface area (Å²) in [7, 11) is 0. The van der Waals surface area contributed by atoms with Crippen molar-refractivity contribution in [2.45, 2.75) is 25.2 Å². The predicted octanol–water partition coefficient (Wildman–Crippen LogP) is 3.43. The van der Waals surface area contributed by atoms with Crippen LogP contribution < -0.4 is 5.32 Å². The first-order valence-electron chi connectivity index (χ1n) is 6.69. The lowest BCUT2D eigenvalue weighted by atomic mass is 10.00. The normalized spacial score (nSPS) is 19.2. The molecule has 1 aliphatic rings. The molecule has 1 aromatic carbocycles. The first kappa shape index (κ1) is 13.9. The van der Waals surface area contributed by atoms with Crippen molar-refractivity contribution in [3.8, 4) is 0 Å². The monoisotopic (exact) mass is 311 g/mol. The summed E-state index contributed by atoms with van der Waals surface area (Å²) in [6.45, 7) is 1.98. The number of nitrogens with zero attached hydrogens (tertiary/aromatic N) is 2. The van der Waals surface area contributed by atoms with Crippen molar-refractivity contribution < 1.29 is 4.52 Å². The number of nitrogens with one attached hydrogen (secondary N) is 1. The Morgan fingerprint density at radius 3 is 2.95 bits per heavy atom. The van der Waals surface area contributed by atoms with Gasteiger partial charge in [-0.3, -0.25) is 0 Å². The minimum absolute atomic E-state index is 0.332. The Morgan fingerprint density at radius 2 is 2.20 bits per heavy atom. The Bertz CT molecular complexity index is 594. The predicted molar refractivity (Wildman–Crippen MR) is 78.4 cm³/mol. The van der Waals surface area contributed by atoms with Gasteiger partial charge in [-0.1, -0.05) is 34.4 Å². The van der Waals surface area contributed by atoms with Gasteiger partial charge >= 0.3 is 0 Å². The van der Waals surface area contributed by atoms with E-state index in [1.807, 2.05) is 12.1 Å². The van der Waals surface area contributed by atoms with Crippen LogP contribution in [0.2, 0.25) is 10.0 Å². The maximum absolute atomic E-state index is 6.00. The van der Waals surface area contributed by atoms with Crippen molar-refractivity contribution in [1.82, 2.24) is 15.5 Å². The molecule has 2 heterocycles. The van der Waals surface area contributed by atoms with Crippen molar-refractivity contribution in [3.05, 3.63) is 45.5 Å². The van der Waals surface area contributed by atoms with Crippen molar-refractivity contribution in [2.24, 2.45) is 0 Å². The van der Waals surface area contributed by atoms with E-state index in [1.54, 1.807) is 6.07 Å². The van der Waals surface area contributed by atoms with E-state index in [2.05, 4.69) is 15.5 Å². The molecule has 4 nitrogen and oxygen atoms in total. The van der Waals surface area contributed by atoms with Crippen LogP contribution in [-0.2, 0) is 6.42 Å². The van der Waals surface area contributed by atoms with Crippen LogP contribution in [0.3, 0.4) is 0 Å². The van der Waals surface area contributed by atoms with Gasteiger partial charge in [-0.05, 0) is 37.1 Å². The van der Waals surface area contributed by atoms with Gasteiger partial charge in [-0.25, -0.2) is 0 Å². The standard InChI is InChI=1S/C14H15Cl2N3O/c15-11-4-3-9(6-12(11)16)7-13-18-14(20-19-13)10-2-1-5-17-8-10/h3-4,6,10,17H,1-2,5,7-8H2/t10-/m1/s1. The van der Waals surface area contributed by atoms with E-state index < -0.39 is 0 Å². The van der Waals surface area contributed by atoms with Gasteiger partial charge in [0.05, 0.1) is 16.0 Å². The van der Waals surface area contributed by atoms with E-state index >= 15 is 0 Å². The Kier molecular flexibility index (Phi) is 4.24. The molecular formula is C14H15Cl2N3O. The Morgan fingerprint density at radius 1 is 1.30 bits per heavy atom. The van der Waals surface area contributed by atoms with E-state index in [1.165, 1.54) is 0 Å². The molecule has 20 heavy (non-hydrogen) atoms. The topological polar surface area (TPSA) is 51.0 Å².